The molecule has 11 nitrogen and oxygen atoms in total. The van der Waals surface area contributed by atoms with Gasteiger partial charge in [-0.15, -0.1) is 0 Å². The molecule has 0 aliphatic carbocycles. The first-order valence-corrected chi connectivity index (χ1v) is 11.2. The summed E-state index contributed by atoms with van der Waals surface area (Å²) in [6, 6.07) is 4.26. The van der Waals surface area contributed by atoms with E-state index < -0.39 is 28.9 Å². The average Bonchev–Trinajstić information content (AvgIpc) is 3.26. The average molecular weight is 510 g/mol. The highest BCUT2D eigenvalue weighted by atomic mass is 33.1. The molecule has 3 N–H and O–H groups in total. The Morgan fingerprint density at radius 2 is 1.82 bits per heavy atom. The van der Waals surface area contributed by atoms with Crippen molar-refractivity contribution in [1.29, 1.82) is 0 Å². The minimum absolute atomic E-state index is 0.0942. The molecule has 2 aromatic rings. The molecule has 16 heteroatoms. The molecule has 0 radical (unpaired) electrons. The van der Waals surface area contributed by atoms with E-state index in [1.807, 2.05) is 0 Å². The molecule has 1 heterocycles. The monoisotopic (exact) mass is 510 g/mol. The number of rotatable bonds is 10. The Bertz CT molecular complexity index is 972. The van der Waals surface area contributed by atoms with Crippen molar-refractivity contribution in [2.45, 2.75) is 12.6 Å². The van der Waals surface area contributed by atoms with Gasteiger partial charge >= 0.3 is 18.1 Å². The third kappa shape index (κ3) is 10.3. The summed E-state index contributed by atoms with van der Waals surface area (Å²) in [5.74, 6) is -2.90. The number of nitrogens with zero attached hydrogens (tertiary/aromatic N) is 3. The molecule has 1 aromatic carbocycles. The highest BCUT2D eigenvalue weighted by molar-refractivity contribution is 8.76. The third-order valence-electron chi connectivity index (χ3n) is 3.41. The van der Waals surface area contributed by atoms with Crippen LogP contribution in [0.4, 0.5) is 18.9 Å². The quantitative estimate of drug-likeness (QED) is 0.187. The lowest BCUT2D eigenvalue weighted by molar-refractivity contribution is -0.384. The van der Waals surface area contributed by atoms with Crippen LogP contribution in [0.1, 0.15) is 16.8 Å². The van der Waals surface area contributed by atoms with Crippen molar-refractivity contribution in [3.63, 3.8) is 0 Å². The number of carbonyl (C=O) groups is 3. The number of carboxylic acids is 2. The van der Waals surface area contributed by atoms with Crippen LogP contribution in [-0.2, 0) is 9.59 Å². The van der Waals surface area contributed by atoms with Gasteiger partial charge in [0.15, 0.2) is 0 Å². The molecule has 0 aliphatic rings. The summed E-state index contributed by atoms with van der Waals surface area (Å²) in [5.41, 5.74) is 0.341. The number of nitro groups is 1. The van der Waals surface area contributed by atoms with Crippen molar-refractivity contribution >= 4 is 45.1 Å². The largest absolute Gasteiger partial charge is 0.490 e. The van der Waals surface area contributed by atoms with E-state index in [4.69, 9.17) is 15.0 Å². The molecule has 180 valence electrons. The number of nitro benzene ring substituents is 1. The Balaban J connectivity index is 0.000000675. The minimum Gasteiger partial charge on any atom is -0.481 e. The van der Waals surface area contributed by atoms with E-state index in [1.54, 1.807) is 6.20 Å². The van der Waals surface area contributed by atoms with Crippen LogP contribution in [0.2, 0.25) is 0 Å². The maximum Gasteiger partial charge on any atom is 0.490 e. The van der Waals surface area contributed by atoms with Crippen LogP contribution in [-0.4, -0.2) is 66.8 Å². The smallest absolute Gasteiger partial charge is 0.481 e. The van der Waals surface area contributed by atoms with Gasteiger partial charge in [-0.1, -0.05) is 21.6 Å². The van der Waals surface area contributed by atoms with Crippen molar-refractivity contribution in [2.75, 3.05) is 18.1 Å². The number of amides is 1. The van der Waals surface area contributed by atoms with Gasteiger partial charge in [-0.3, -0.25) is 19.7 Å². The summed E-state index contributed by atoms with van der Waals surface area (Å²) in [5, 5.41) is 29.6. The number of hydrogen-bond acceptors (Lipinski definition) is 8. The molecule has 0 atom stereocenters. The van der Waals surface area contributed by atoms with Crippen LogP contribution in [0.3, 0.4) is 0 Å². The molecule has 1 amide bonds. The summed E-state index contributed by atoms with van der Waals surface area (Å²) in [4.78, 5) is 46.0. The summed E-state index contributed by atoms with van der Waals surface area (Å²) in [7, 11) is 2.88. The molecule has 33 heavy (non-hydrogen) atoms. The highest BCUT2D eigenvalue weighted by Crippen LogP contribution is 2.24. The summed E-state index contributed by atoms with van der Waals surface area (Å²) in [6.07, 6.45) is -0.448. The number of nitrogens with one attached hydrogen (secondary N) is 1. The molecule has 0 saturated carbocycles. The van der Waals surface area contributed by atoms with Crippen LogP contribution in [0.15, 0.2) is 36.9 Å². The van der Waals surface area contributed by atoms with Gasteiger partial charge in [-0.05, 0) is 12.1 Å². The summed E-state index contributed by atoms with van der Waals surface area (Å²) >= 11 is 0. The van der Waals surface area contributed by atoms with Crippen LogP contribution >= 0.6 is 21.6 Å². The number of halogens is 3. The Kier molecular flexibility index (Phi) is 11.2. The predicted molar refractivity (Wildman–Crippen MR) is 113 cm³/mol. The first-order valence-electron chi connectivity index (χ1n) is 8.74. The molecular weight excluding hydrogens is 493 g/mol. The zero-order chi connectivity index (χ0) is 25.0. The summed E-state index contributed by atoms with van der Waals surface area (Å²) in [6.45, 7) is 0.376. The van der Waals surface area contributed by atoms with E-state index in [0.717, 1.165) is 0 Å². The number of benzene rings is 1. The van der Waals surface area contributed by atoms with Crippen molar-refractivity contribution in [3.05, 3.63) is 52.6 Å². The number of carboxylic acid groups (broad SMARTS) is 2. The zero-order valence-corrected chi connectivity index (χ0v) is 18.2. The fraction of sp³-hybridized carbons (Fsp3) is 0.294. The molecule has 0 spiro atoms. The maximum absolute atomic E-state index is 12.1. The zero-order valence-electron chi connectivity index (χ0n) is 16.5. The van der Waals surface area contributed by atoms with E-state index in [0.29, 0.717) is 23.7 Å². The van der Waals surface area contributed by atoms with Crippen LogP contribution < -0.4 is 5.32 Å². The van der Waals surface area contributed by atoms with Crippen molar-refractivity contribution in [1.82, 2.24) is 14.9 Å². The first kappa shape index (κ1) is 27.8. The molecule has 0 fully saturated rings. The topological polar surface area (TPSA) is 165 Å². The van der Waals surface area contributed by atoms with Gasteiger partial charge in [0.2, 0.25) is 0 Å². The fourth-order valence-electron chi connectivity index (χ4n) is 1.99. The van der Waals surface area contributed by atoms with E-state index in [-0.39, 0.29) is 17.7 Å². The van der Waals surface area contributed by atoms with Gasteiger partial charge in [0.25, 0.3) is 11.6 Å². The second-order valence-electron chi connectivity index (χ2n) is 5.78. The van der Waals surface area contributed by atoms with Crippen molar-refractivity contribution in [3.8, 4) is 5.69 Å². The highest BCUT2D eigenvalue weighted by Gasteiger charge is 2.38. The van der Waals surface area contributed by atoms with Gasteiger partial charge in [0.05, 0.1) is 17.7 Å². The normalized spacial score (nSPS) is 10.6. The Labute approximate surface area is 191 Å². The van der Waals surface area contributed by atoms with Crippen LogP contribution in [0, 0.1) is 10.1 Å². The van der Waals surface area contributed by atoms with E-state index >= 15 is 0 Å². The second-order valence-corrected chi connectivity index (χ2v) is 8.48. The lowest BCUT2D eigenvalue weighted by Crippen LogP contribution is -2.25. The van der Waals surface area contributed by atoms with Gasteiger partial charge in [0, 0.05) is 42.1 Å². The standard InChI is InChI=1S/C15H16N4O5S2.C2HF3O2/c20-14(21)3-7-25-26-8-5-17-15(22)11-1-2-12(13(9-11)19(23)24)18-6-4-16-10-18;3-2(4,5)1(6)7/h1-2,4,6,9-10H,3,5,7-8H2,(H,17,22)(H,20,21);(H,6,7). The number of aromatic nitrogens is 2. The van der Waals surface area contributed by atoms with Crippen molar-refractivity contribution in [2.24, 2.45) is 0 Å². The molecule has 0 saturated heterocycles. The summed E-state index contributed by atoms with van der Waals surface area (Å²) < 4.78 is 33.2. The van der Waals surface area contributed by atoms with E-state index in [9.17, 15) is 32.9 Å². The number of alkyl halides is 3. The third-order valence-corrected chi connectivity index (χ3v) is 5.82. The number of hydrogen-bond donors (Lipinski definition) is 3. The van der Waals surface area contributed by atoms with Crippen LogP contribution in [0.5, 0.6) is 0 Å². The molecule has 0 bridgehead atoms. The Hall–Kier alpha value is -3.27. The molecule has 1 aromatic heterocycles. The predicted octanol–water partition coefficient (Wildman–Crippen LogP) is 3.00. The maximum atomic E-state index is 12.1. The molecule has 2 rings (SSSR count). The molecule has 0 unspecified atom stereocenters. The number of imidazole rings is 1. The SMILES string of the molecule is O=C(O)C(F)(F)F.O=C(O)CCSSCCNC(=O)c1ccc(-n2ccnc2)c([N+](=O)[O-])c1. The van der Waals surface area contributed by atoms with Crippen LogP contribution in [0.25, 0.3) is 5.69 Å². The lowest BCUT2D eigenvalue weighted by atomic mass is 10.1. The molecule has 0 aliphatic heterocycles. The van der Waals surface area contributed by atoms with Gasteiger partial charge in [0.1, 0.15) is 5.69 Å². The minimum atomic E-state index is -5.08. The van der Waals surface area contributed by atoms with E-state index in [2.05, 4.69) is 10.3 Å². The lowest BCUT2D eigenvalue weighted by Gasteiger charge is -2.07. The first-order chi connectivity index (χ1) is 15.4. The fourth-order valence-corrected chi connectivity index (χ4v) is 3.87. The number of aliphatic carboxylic acids is 2. The van der Waals surface area contributed by atoms with Gasteiger partial charge in [-0.2, -0.15) is 13.2 Å². The van der Waals surface area contributed by atoms with E-state index in [1.165, 1.54) is 56.9 Å². The Morgan fingerprint density at radius 3 is 2.33 bits per heavy atom. The van der Waals surface area contributed by atoms with Gasteiger partial charge < -0.3 is 20.1 Å². The van der Waals surface area contributed by atoms with Crippen molar-refractivity contribution < 1.29 is 42.7 Å². The van der Waals surface area contributed by atoms with Gasteiger partial charge in [-0.25, -0.2) is 9.78 Å². The Morgan fingerprint density at radius 1 is 1.18 bits per heavy atom. The molecular formula is C17H17F3N4O7S2. The second kappa shape index (κ2) is 13.3. The number of carbonyl (C=O) groups excluding carboxylic acids is 1.